The molecule has 136 valence electrons. The first-order chi connectivity index (χ1) is 12.1. The number of nitrogens with one attached hydrogen (secondary N) is 1. The van der Waals surface area contributed by atoms with Gasteiger partial charge in [-0.15, -0.1) is 0 Å². The lowest BCUT2D eigenvalue weighted by atomic mass is 10.1. The van der Waals surface area contributed by atoms with Gasteiger partial charge in [-0.2, -0.15) is 0 Å². The number of nitrogens with zero attached hydrogens (tertiary/aromatic N) is 2. The first-order valence-corrected chi connectivity index (χ1v) is 8.45. The molecule has 2 saturated heterocycles. The minimum Gasteiger partial charge on any atom is -0.447 e. The Morgan fingerprint density at radius 2 is 2.16 bits per heavy atom. The molecule has 0 radical (unpaired) electrons. The summed E-state index contributed by atoms with van der Waals surface area (Å²) < 4.78 is 24.9. The van der Waals surface area contributed by atoms with Crippen molar-refractivity contribution >= 4 is 17.7 Å². The van der Waals surface area contributed by atoms with Crippen molar-refractivity contribution in [3.63, 3.8) is 0 Å². The average Bonchev–Trinajstić information content (AvgIpc) is 3.00. The Hall–Kier alpha value is -2.19. The number of hydrogen-bond donors (Lipinski definition) is 1. The van der Waals surface area contributed by atoms with Gasteiger partial charge >= 0.3 is 6.09 Å². The Labute approximate surface area is 145 Å². The van der Waals surface area contributed by atoms with E-state index in [1.807, 2.05) is 6.92 Å². The summed E-state index contributed by atoms with van der Waals surface area (Å²) in [5.74, 6) is -0.976. The van der Waals surface area contributed by atoms with Crippen LogP contribution in [0.1, 0.15) is 17.3 Å². The lowest BCUT2D eigenvalue weighted by Crippen LogP contribution is -2.46. The van der Waals surface area contributed by atoms with Crippen LogP contribution in [0.2, 0.25) is 0 Å². The smallest absolute Gasteiger partial charge is 0.414 e. The molecule has 0 saturated carbocycles. The molecular weight excluding hydrogens is 329 g/mol. The van der Waals surface area contributed by atoms with Crippen LogP contribution in [-0.4, -0.2) is 68.9 Å². The highest BCUT2D eigenvalue weighted by molar-refractivity contribution is 5.96. The van der Waals surface area contributed by atoms with Gasteiger partial charge in [0.25, 0.3) is 5.91 Å². The average molecular weight is 351 g/mol. The van der Waals surface area contributed by atoms with E-state index in [4.69, 9.17) is 9.47 Å². The zero-order valence-corrected chi connectivity index (χ0v) is 14.2. The fraction of sp³-hybridized carbons (Fsp3) is 0.529. The van der Waals surface area contributed by atoms with Gasteiger partial charge in [0.15, 0.2) is 0 Å². The molecule has 1 atom stereocenters. The van der Waals surface area contributed by atoms with Crippen molar-refractivity contribution in [1.29, 1.82) is 0 Å². The second kappa shape index (κ2) is 7.79. The Balaban J connectivity index is 1.78. The Kier molecular flexibility index (Phi) is 5.50. The quantitative estimate of drug-likeness (QED) is 0.864. The van der Waals surface area contributed by atoms with Crippen molar-refractivity contribution in [2.75, 3.05) is 50.9 Å². The maximum absolute atomic E-state index is 14.5. The van der Waals surface area contributed by atoms with Crippen LogP contribution in [0.3, 0.4) is 0 Å². The van der Waals surface area contributed by atoms with E-state index in [-0.39, 0.29) is 24.1 Å². The van der Waals surface area contributed by atoms with Gasteiger partial charge in [-0.3, -0.25) is 9.69 Å². The van der Waals surface area contributed by atoms with Gasteiger partial charge in [0, 0.05) is 32.8 Å². The molecule has 0 aliphatic carbocycles. The predicted octanol–water partition coefficient (Wildman–Crippen LogP) is 1.23. The maximum atomic E-state index is 14.5. The molecule has 25 heavy (non-hydrogen) atoms. The van der Waals surface area contributed by atoms with E-state index in [0.717, 1.165) is 0 Å². The molecule has 2 aliphatic rings. The Morgan fingerprint density at radius 3 is 2.84 bits per heavy atom. The summed E-state index contributed by atoms with van der Waals surface area (Å²) in [5.41, 5.74) is 0.376. The van der Waals surface area contributed by atoms with Crippen molar-refractivity contribution in [1.82, 2.24) is 10.2 Å². The number of amides is 2. The first-order valence-electron chi connectivity index (χ1n) is 8.45. The summed E-state index contributed by atoms with van der Waals surface area (Å²) in [4.78, 5) is 27.4. The zero-order chi connectivity index (χ0) is 17.8. The number of ether oxygens (including phenoxy) is 2. The van der Waals surface area contributed by atoms with Gasteiger partial charge < -0.3 is 19.7 Å². The fourth-order valence-electron chi connectivity index (χ4n) is 3.02. The minimum atomic E-state index is -0.643. The van der Waals surface area contributed by atoms with E-state index in [1.165, 1.54) is 17.0 Å². The number of halogens is 1. The van der Waals surface area contributed by atoms with E-state index in [1.54, 1.807) is 11.0 Å². The van der Waals surface area contributed by atoms with Crippen LogP contribution < -0.4 is 10.2 Å². The number of anilines is 1. The van der Waals surface area contributed by atoms with Crippen LogP contribution >= 0.6 is 0 Å². The van der Waals surface area contributed by atoms with Crippen LogP contribution in [-0.2, 0) is 9.47 Å². The molecule has 8 heteroatoms. The van der Waals surface area contributed by atoms with E-state index in [2.05, 4.69) is 5.32 Å². The number of cyclic esters (lactones) is 1. The molecule has 2 aliphatic heterocycles. The van der Waals surface area contributed by atoms with Crippen LogP contribution in [0.5, 0.6) is 0 Å². The normalized spacial score (nSPS) is 20.7. The molecule has 1 aromatic rings. The number of benzene rings is 1. The molecule has 0 spiro atoms. The summed E-state index contributed by atoms with van der Waals surface area (Å²) in [7, 11) is 0. The fourth-order valence-corrected chi connectivity index (χ4v) is 3.02. The third kappa shape index (κ3) is 3.74. The second-order valence-corrected chi connectivity index (χ2v) is 5.97. The SMILES string of the molecule is CCOC[C@@H]1COC(=O)N1c1ccc(C(=O)N2CCNCC2)c(F)c1. The highest BCUT2D eigenvalue weighted by atomic mass is 19.1. The summed E-state index contributed by atoms with van der Waals surface area (Å²) in [6.45, 7) is 5.38. The van der Waals surface area contributed by atoms with Crippen molar-refractivity contribution in [3.05, 3.63) is 29.6 Å². The minimum absolute atomic E-state index is 0.0135. The molecule has 3 rings (SSSR count). The lowest BCUT2D eigenvalue weighted by molar-refractivity contribution is 0.0731. The van der Waals surface area contributed by atoms with Crippen LogP contribution in [0.15, 0.2) is 18.2 Å². The number of hydrogen-bond acceptors (Lipinski definition) is 5. The summed E-state index contributed by atoms with van der Waals surface area (Å²) >= 11 is 0. The highest BCUT2D eigenvalue weighted by Crippen LogP contribution is 2.26. The Morgan fingerprint density at radius 1 is 1.40 bits per heavy atom. The molecule has 0 unspecified atom stereocenters. The molecule has 2 heterocycles. The first kappa shape index (κ1) is 17.6. The monoisotopic (exact) mass is 351 g/mol. The summed E-state index contributed by atoms with van der Waals surface area (Å²) in [6, 6.07) is 3.91. The van der Waals surface area contributed by atoms with Crippen LogP contribution in [0, 0.1) is 5.82 Å². The van der Waals surface area contributed by atoms with E-state index < -0.39 is 11.9 Å². The predicted molar refractivity (Wildman–Crippen MR) is 89.3 cm³/mol. The van der Waals surface area contributed by atoms with E-state index in [9.17, 15) is 14.0 Å². The van der Waals surface area contributed by atoms with E-state index >= 15 is 0 Å². The van der Waals surface area contributed by atoms with Crippen molar-refractivity contribution in [3.8, 4) is 0 Å². The standard InChI is InChI=1S/C17H22FN3O4/c1-2-24-10-13-11-25-17(23)21(13)12-3-4-14(15(18)9-12)16(22)20-7-5-19-6-8-20/h3-4,9,13,19H,2,5-8,10-11H2,1H3/t13-/m1/s1. The van der Waals surface area contributed by atoms with Gasteiger partial charge in [0.1, 0.15) is 12.4 Å². The van der Waals surface area contributed by atoms with Gasteiger partial charge in [-0.25, -0.2) is 9.18 Å². The molecule has 7 nitrogen and oxygen atoms in total. The highest BCUT2D eigenvalue weighted by Gasteiger charge is 2.35. The van der Waals surface area contributed by atoms with Crippen molar-refractivity contribution in [2.45, 2.75) is 13.0 Å². The molecule has 2 amide bonds. The van der Waals surface area contributed by atoms with Crippen molar-refractivity contribution in [2.24, 2.45) is 0 Å². The third-order valence-corrected chi connectivity index (χ3v) is 4.34. The summed E-state index contributed by atoms with van der Waals surface area (Å²) in [6.07, 6.45) is -0.537. The largest absolute Gasteiger partial charge is 0.447 e. The maximum Gasteiger partial charge on any atom is 0.414 e. The lowest BCUT2D eigenvalue weighted by Gasteiger charge is -2.28. The number of rotatable bonds is 5. The Bertz CT molecular complexity index is 649. The summed E-state index contributed by atoms with van der Waals surface area (Å²) in [5, 5.41) is 3.15. The van der Waals surface area contributed by atoms with Gasteiger partial charge in [-0.05, 0) is 25.1 Å². The van der Waals surface area contributed by atoms with Crippen LogP contribution in [0.25, 0.3) is 0 Å². The second-order valence-electron chi connectivity index (χ2n) is 5.97. The number of carbonyl (C=O) groups is 2. The van der Waals surface area contributed by atoms with E-state index in [0.29, 0.717) is 45.1 Å². The van der Waals surface area contributed by atoms with Gasteiger partial charge in [0.2, 0.25) is 0 Å². The van der Waals surface area contributed by atoms with Crippen LogP contribution in [0.4, 0.5) is 14.9 Å². The molecular formula is C17H22FN3O4. The molecule has 0 bridgehead atoms. The zero-order valence-electron chi connectivity index (χ0n) is 14.2. The van der Waals surface area contributed by atoms with Gasteiger partial charge in [0.05, 0.1) is 23.9 Å². The number of carbonyl (C=O) groups excluding carboxylic acids is 2. The molecule has 1 N–H and O–H groups in total. The molecule has 1 aromatic carbocycles. The van der Waals surface area contributed by atoms with Gasteiger partial charge in [-0.1, -0.05) is 0 Å². The topological polar surface area (TPSA) is 71.1 Å². The number of piperazine rings is 1. The third-order valence-electron chi connectivity index (χ3n) is 4.34. The van der Waals surface area contributed by atoms with Crippen molar-refractivity contribution < 1.29 is 23.5 Å². The molecule has 2 fully saturated rings. The molecule has 0 aromatic heterocycles.